The first-order valence-corrected chi connectivity index (χ1v) is 5.16. The summed E-state index contributed by atoms with van der Waals surface area (Å²) in [6, 6.07) is -0.0611. The fourth-order valence-electron chi connectivity index (χ4n) is 2.02. The molecule has 1 atom stereocenters. The van der Waals surface area contributed by atoms with Gasteiger partial charge in [-0.25, -0.2) is 4.79 Å². The first-order chi connectivity index (χ1) is 6.41. The number of amides is 2. The van der Waals surface area contributed by atoms with Gasteiger partial charge in [0, 0.05) is 13.1 Å². The molecule has 2 N–H and O–H groups in total. The molecule has 14 heavy (non-hydrogen) atoms. The molecule has 1 fully saturated rings. The summed E-state index contributed by atoms with van der Waals surface area (Å²) in [5.41, 5.74) is -0.768. The predicted octanol–water partition coefficient (Wildman–Crippen LogP) is 0.809. The molecular weight excluding hydrogens is 180 g/mol. The van der Waals surface area contributed by atoms with E-state index < -0.39 is 5.60 Å². The van der Waals surface area contributed by atoms with E-state index in [1.807, 2.05) is 0 Å². The maximum Gasteiger partial charge on any atom is 0.317 e. The van der Waals surface area contributed by atoms with Crippen LogP contribution in [0.4, 0.5) is 4.79 Å². The second-order valence-electron chi connectivity index (χ2n) is 4.75. The van der Waals surface area contributed by atoms with E-state index in [0.29, 0.717) is 25.6 Å². The molecule has 1 unspecified atom stereocenters. The quantitative estimate of drug-likeness (QED) is 0.705. The summed E-state index contributed by atoms with van der Waals surface area (Å²) in [5.74, 6) is 0.440. The Hall–Kier alpha value is -0.770. The molecular formula is C10H20N2O2. The number of carbonyl (C=O) groups is 1. The highest BCUT2D eigenvalue weighted by Gasteiger charge is 2.29. The van der Waals surface area contributed by atoms with Crippen molar-refractivity contribution in [2.75, 3.05) is 19.6 Å². The van der Waals surface area contributed by atoms with Crippen molar-refractivity contribution in [1.29, 1.82) is 0 Å². The molecule has 0 saturated carbocycles. The lowest BCUT2D eigenvalue weighted by Crippen LogP contribution is -2.43. The van der Waals surface area contributed by atoms with Crippen LogP contribution < -0.4 is 5.32 Å². The van der Waals surface area contributed by atoms with E-state index in [1.165, 1.54) is 0 Å². The smallest absolute Gasteiger partial charge is 0.317 e. The Morgan fingerprint density at radius 3 is 2.71 bits per heavy atom. The number of urea groups is 1. The van der Waals surface area contributed by atoms with E-state index >= 15 is 0 Å². The Labute approximate surface area is 85.3 Å². The van der Waals surface area contributed by atoms with Gasteiger partial charge in [0.25, 0.3) is 0 Å². The maximum atomic E-state index is 11.2. The third kappa shape index (κ3) is 3.18. The molecule has 4 heteroatoms. The van der Waals surface area contributed by atoms with Crippen LogP contribution in [0.5, 0.6) is 0 Å². The van der Waals surface area contributed by atoms with Crippen LogP contribution in [0.15, 0.2) is 0 Å². The van der Waals surface area contributed by atoms with Gasteiger partial charge in [0.15, 0.2) is 0 Å². The van der Waals surface area contributed by atoms with Gasteiger partial charge in [-0.15, -0.1) is 0 Å². The Kier molecular flexibility index (Phi) is 3.37. The van der Waals surface area contributed by atoms with Crippen molar-refractivity contribution in [3.05, 3.63) is 0 Å². The highest BCUT2D eigenvalue weighted by Crippen LogP contribution is 2.18. The second kappa shape index (κ2) is 4.17. The van der Waals surface area contributed by atoms with Gasteiger partial charge < -0.3 is 15.3 Å². The first kappa shape index (κ1) is 11.3. The zero-order valence-electron chi connectivity index (χ0n) is 9.21. The molecule has 1 saturated heterocycles. The van der Waals surface area contributed by atoms with Crippen molar-refractivity contribution >= 4 is 6.03 Å². The molecule has 0 aromatic rings. The van der Waals surface area contributed by atoms with E-state index in [1.54, 1.807) is 11.8 Å². The van der Waals surface area contributed by atoms with Crippen LogP contribution in [0.1, 0.15) is 27.2 Å². The average Bonchev–Trinajstić information content (AvgIpc) is 2.32. The van der Waals surface area contributed by atoms with Gasteiger partial charge >= 0.3 is 6.03 Å². The Bertz CT molecular complexity index is 214. The number of carbonyl (C=O) groups excluding carboxylic acids is 1. The number of aliphatic hydroxyl groups is 1. The van der Waals surface area contributed by atoms with E-state index in [4.69, 9.17) is 0 Å². The van der Waals surface area contributed by atoms with Gasteiger partial charge in [0.05, 0.1) is 12.1 Å². The summed E-state index contributed by atoms with van der Waals surface area (Å²) in [5, 5.41) is 12.8. The summed E-state index contributed by atoms with van der Waals surface area (Å²) in [6.45, 7) is 7.75. The minimum atomic E-state index is -0.768. The fraction of sp³-hybridized carbons (Fsp3) is 0.900. The molecule has 1 aliphatic heterocycles. The molecule has 82 valence electrons. The van der Waals surface area contributed by atoms with E-state index in [9.17, 15) is 9.90 Å². The van der Waals surface area contributed by atoms with Gasteiger partial charge in [-0.2, -0.15) is 0 Å². The fourth-order valence-corrected chi connectivity index (χ4v) is 2.02. The average molecular weight is 200 g/mol. The molecule has 0 bridgehead atoms. The molecule has 4 nitrogen and oxygen atoms in total. The summed E-state index contributed by atoms with van der Waals surface area (Å²) in [4.78, 5) is 12.9. The third-order valence-electron chi connectivity index (χ3n) is 2.32. The molecule has 2 amide bonds. The van der Waals surface area contributed by atoms with Gasteiger partial charge in [0.1, 0.15) is 0 Å². The van der Waals surface area contributed by atoms with Crippen LogP contribution in [0.2, 0.25) is 0 Å². The lowest BCUT2D eigenvalue weighted by molar-refractivity contribution is 0.0163. The highest BCUT2D eigenvalue weighted by atomic mass is 16.3. The van der Waals surface area contributed by atoms with Crippen LogP contribution >= 0.6 is 0 Å². The Morgan fingerprint density at radius 1 is 1.64 bits per heavy atom. The van der Waals surface area contributed by atoms with E-state index in [-0.39, 0.29) is 6.03 Å². The second-order valence-corrected chi connectivity index (χ2v) is 4.75. The van der Waals surface area contributed by atoms with Gasteiger partial charge in [-0.1, -0.05) is 13.8 Å². The Morgan fingerprint density at radius 2 is 2.29 bits per heavy atom. The number of hydrogen-bond donors (Lipinski definition) is 2. The van der Waals surface area contributed by atoms with Crippen molar-refractivity contribution in [2.45, 2.75) is 32.8 Å². The normalized spacial score (nSPS) is 21.2. The largest absolute Gasteiger partial charge is 0.388 e. The van der Waals surface area contributed by atoms with Crippen LogP contribution in [0, 0.1) is 5.92 Å². The van der Waals surface area contributed by atoms with Crippen LogP contribution in [-0.2, 0) is 0 Å². The number of rotatable bonds is 4. The topological polar surface area (TPSA) is 52.6 Å². The zero-order chi connectivity index (χ0) is 10.8. The molecule has 0 aromatic heterocycles. The molecule has 1 aliphatic rings. The molecule has 0 aromatic carbocycles. The summed E-state index contributed by atoms with van der Waals surface area (Å²) >= 11 is 0. The summed E-state index contributed by atoms with van der Waals surface area (Å²) in [6.07, 6.45) is 0.719. The molecule has 0 radical (unpaired) electrons. The Balaban J connectivity index is 2.45. The lowest BCUT2D eigenvalue weighted by atomic mass is 9.94. The number of hydrogen-bond acceptors (Lipinski definition) is 2. The third-order valence-corrected chi connectivity index (χ3v) is 2.32. The molecule has 0 aliphatic carbocycles. The number of nitrogens with one attached hydrogen (secondary N) is 1. The molecule has 1 rings (SSSR count). The van der Waals surface area contributed by atoms with Crippen molar-refractivity contribution in [3.8, 4) is 0 Å². The standard InChI is InChI=1S/C10H20N2O2/c1-8(2)6-10(3,14)7-12-5-4-11-9(12)13/h8,14H,4-7H2,1-3H3,(H,11,13). The molecule has 0 spiro atoms. The minimum Gasteiger partial charge on any atom is -0.388 e. The number of nitrogens with zero attached hydrogens (tertiary/aromatic N) is 1. The SMILES string of the molecule is CC(C)CC(C)(O)CN1CCNC1=O. The van der Waals surface area contributed by atoms with Crippen LogP contribution in [0.25, 0.3) is 0 Å². The van der Waals surface area contributed by atoms with Crippen molar-refractivity contribution in [1.82, 2.24) is 10.2 Å². The summed E-state index contributed by atoms with van der Waals surface area (Å²) < 4.78 is 0. The minimum absolute atomic E-state index is 0.0611. The summed E-state index contributed by atoms with van der Waals surface area (Å²) in [7, 11) is 0. The van der Waals surface area contributed by atoms with Crippen molar-refractivity contribution < 1.29 is 9.90 Å². The van der Waals surface area contributed by atoms with Gasteiger partial charge in [0.2, 0.25) is 0 Å². The van der Waals surface area contributed by atoms with Crippen LogP contribution in [0.3, 0.4) is 0 Å². The molecule has 1 heterocycles. The van der Waals surface area contributed by atoms with Crippen LogP contribution in [-0.4, -0.2) is 41.3 Å². The van der Waals surface area contributed by atoms with Gasteiger partial charge in [-0.05, 0) is 19.3 Å². The maximum absolute atomic E-state index is 11.2. The van der Waals surface area contributed by atoms with E-state index in [2.05, 4.69) is 19.2 Å². The number of β-amino-alcohol motifs (C(OH)–C–C–N with tert-alkyl or cyclic N) is 1. The monoisotopic (exact) mass is 200 g/mol. The highest BCUT2D eigenvalue weighted by molar-refractivity contribution is 5.76. The van der Waals surface area contributed by atoms with E-state index in [0.717, 1.165) is 6.42 Å². The predicted molar refractivity (Wildman–Crippen MR) is 55.1 cm³/mol. The van der Waals surface area contributed by atoms with Crippen molar-refractivity contribution in [2.24, 2.45) is 5.92 Å². The van der Waals surface area contributed by atoms with Gasteiger partial charge in [-0.3, -0.25) is 0 Å². The van der Waals surface area contributed by atoms with Crippen molar-refractivity contribution in [3.63, 3.8) is 0 Å². The zero-order valence-corrected chi connectivity index (χ0v) is 9.21. The first-order valence-electron chi connectivity index (χ1n) is 5.16. The lowest BCUT2D eigenvalue weighted by Gasteiger charge is -2.29.